The van der Waals surface area contributed by atoms with Gasteiger partial charge in [-0.2, -0.15) is 0 Å². The number of likely N-dealkylation sites (tertiary alicyclic amines) is 1. The van der Waals surface area contributed by atoms with Crippen molar-refractivity contribution in [3.8, 4) is 0 Å². The fourth-order valence-electron chi connectivity index (χ4n) is 3.39. The number of fused-ring (bicyclic) bond motifs is 1. The van der Waals surface area contributed by atoms with Gasteiger partial charge in [0.15, 0.2) is 6.29 Å². The van der Waals surface area contributed by atoms with Gasteiger partial charge >= 0.3 is 6.09 Å². The number of nitrogens with zero attached hydrogens (tertiary/aromatic N) is 2. The van der Waals surface area contributed by atoms with Crippen LogP contribution in [0.3, 0.4) is 0 Å². The molecule has 2 aliphatic rings. The summed E-state index contributed by atoms with van der Waals surface area (Å²) in [6.45, 7) is 1.98. The topological polar surface area (TPSA) is 62.5 Å². The average Bonchev–Trinajstić information content (AvgIpc) is 3.18. The molecular weight excluding hydrogens is 280 g/mol. The molecule has 1 aliphatic carbocycles. The lowest BCUT2D eigenvalue weighted by molar-refractivity contribution is 0.105. The second-order valence-electron chi connectivity index (χ2n) is 6.41. The second-order valence-corrected chi connectivity index (χ2v) is 6.41. The summed E-state index contributed by atoms with van der Waals surface area (Å²) in [6, 6.07) is 8.05. The molecule has 1 aromatic carbocycles. The molecule has 2 heterocycles. The van der Waals surface area contributed by atoms with Crippen LogP contribution in [0.15, 0.2) is 24.3 Å². The summed E-state index contributed by atoms with van der Waals surface area (Å²) in [5.74, 6) is 0.909. The molecule has 1 aliphatic heterocycles. The molecule has 1 aromatic heterocycles. The van der Waals surface area contributed by atoms with Gasteiger partial charge in [0.2, 0.25) is 0 Å². The van der Waals surface area contributed by atoms with Crippen molar-refractivity contribution in [2.45, 2.75) is 25.3 Å². The SMILES string of the molecule is O=Cc1cc2cccc(C3CN(C(=O)O)C3)c2n1CC1CC1. The predicted octanol–water partition coefficient (Wildman–Crippen LogP) is 2.94. The highest BCUT2D eigenvalue weighted by Gasteiger charge is 2.34. The van der Waals surface area contributed by atoms with Crippen LogP contribution >= 0.6 is 0 Å². The van der Waals surface area contributed by atoms with E-state index in [4.69, 9.17) is 5.11 Å². The molecule has 5 nitrogen and oxygen atoms in total. The summed E-state index contributed by atoms with van der Waals surface area (Å²) in [7, 11) is 0. The molecule has 0 bridgehead atoms. The number of carbonyl (C=O) groups is 2. The van der Waals surface area contributed by atoms with Crippen LogP contribution in [0.1, 0.15) is 34.8 Å². The Morgan fingerprint density at radius 1 is 1.32 bits per heavy atom. The van der Waals surface area contributed by atoms with E-state index in [1.165, 1.54) is 23.3 Å². The van der Waals surface area contributed by atoms with E-state index in [9.17, 15) is 9.59 Å². The maximum atomic E-state index is 11.4. The highest BCUT2D eigenvalue weighted by Crippen LogP contribution is 2.37. The van der Waals surface area contributed by atoms with Crippen LogP contribution in [-0.4, -0.2) is 40.0 Å². The Morgan fingerprint density at radius 2 is 2.09 bits per heavy atom. The third kappa shape index (κ3) is 2.08. The zero-order valence-corrected chi connectivity index (χ0v) is 12.2. The molecule has 0 spiro atoms. The fraction of sp³-hybridized carbons (Fsp3) is 0.412. The van der Waals surface area contributed by atoms with Crippen LogP contribution in [0.2, 0.25) is 0 Å². The standard InChI is InChI=1S/C17H18N2O3/c20-10-14-6-12-2-1-3-15(13-8-18(9-13)17(21)22)16(12)19(14)7-11-4-5-11/h1-3,6,10-11,13H,4-5,7-9H2,(H,21,22). The third-order valence-corrected chi connectivity index (χ3v) is 4.83. The Kier molecular flexibility index (Phi) is 2.96. The van der Waals surface area contributed by atoms with Crippen LogP contribution in [-0.2, 0) is 6.54 Å². The maximum Gasteiger partial charge on any atom is 0.407 e. The molecule has 2 aromatic rings. The molecular formula is C17H18N2O3. The lowest BCUT2D eigenvalue weighted by Gasteiger charge is -2.37. The van der Waals surface area contributed by atoms with Crippen LogP contribution in [0, 0.1) is 5.92 Å². The molecule has 0 atom stereocenters. The van der Waals surface area contributed by atoms with Crippen molar-refractivity contribution in [1.29, 1.82) is 0 Å². The summed E-state index contributed by atoms with van der Waals surface area (Å²) in [5.41, 5.74) is 3.01. The summed E-state index contributed by atoms with van der Waals surface area (Å²) in [6.07, 6.45) is 2.54. The monoisotopic (exact) mass is 298 g/mol. The van der Waals surface area contributed by atoms with E-state index in [2.05, 4.69) is 10.6 Å². The Bertz CT molecular complexity index is 755. The number of rotatable bonds is 4. The van der Waals surface area contributed by atoms with E-state index in [0.717, 1.165) is 29.4 Å². The molecule has 5 heteroatoms. The summed E-state index contributed by atoms with van der Waals surface area (Å²) in [4.78, 5) is 23.8. The smallest absolute Gasteiger partial charge is 0.407 e. The van der Waals surface area contributed by atoms with Gasteiger partial charge in [-0.05, 0) is 30.4 Å². The molecule has 114 valence electrons. The van der Waals surface area contributed by atoms with Crippen molar-refractivity contribution in [1.82, 2.24) is 9.47 Å². The van der Waals surface area contributed by atoms with Crippen molar-refractivity contribution >= 4 is 23.3 Å². The number of carbonyl (C=O) groups excluding carboxylic acids is 1. The van der Waals surface area contributed by atoms with Gasteiger partial charge in [0, 0.05) is 30.9 Å². The third-order valence-electron chi connectivity index (χ3n) is 4.83. The highest BCUT2D eigenvalue weighted by molar-refractivity contribution is 5.91. The van der Waals surface area contributed by atoms with Gasteiger partial charge in [-0.15, -0.1) is 0 Å². The maximum absolute atomic E-state index is 11.4. The number of para-hydroxylation sites is 1. The van der Waals surface area contributed by atoms with Crippen LogP contribution in [0.4, 0.5) is 4.79 Å². The molecule has 0 unspecified atom stereocenters. The molecule has 1 amide bonds. The van der Waals surface area contributed by atoms with E-state index >= 15 is 0 Å². The molecule has 1 N–H and O–H groups in total. The highest BCUT2D eigenvalue weighted by atomic mass is 16.4. The van der Waals surface area contributed by atoms with E-state index < -0.39 is 6.09 Å². The first-order valence-electron chi connectivity index (χ1n) is 7.72. The Morgan fingerprint density at radius 3 is 2.73 bits per heavy atom. The first kappa shape index (κ1) is 13.4. The van der Waals surface area contributed by atoms with Crippen molar-refractivity contribution < 1.29 is 14.7 Å². The summed E-state index contributed by atoms with van der Waals surface area (Å²) >= 11 is 0. The van der Waals surface area contributed by atoms with E-state index in [1.54, 1.807) is 0 Å². The number of hydrogen-bond acceptors (Lipinski definition) is 2. The number of aromatic nitrogens is 1. The zero-order chi connectivity index (χ0) is 15.3. The Hall–Kier alpha value is -2.30. The molecule has 1 saturated heterocycles. The van der Waals surface area contributed by atoms with E-state index in [0.29, 0.717) is 19.0 Å². The number of aldehydes is 1. The van der Waals surface area contributed by atoms with Crippen LogP contribution in [0.5, 0.6) is 0 Å². The Labute approximate surface area is 128 Å². The lowest BCUT2D eigenvalue weighted by Crippen LogP contribution is -2.47. The molecule has 2 fully saturated rings. The van der Waals surface area contributed by atoms with Gasteiger partial charge in [0.25, 0.3) is 0 Å². The van der Waals surface area contributed by atoms with Crippen molar-refractivity contribution in [3.63, 3.8) is 0 Å². The minimum atomic E-state index is -0.856. The molecule has 22 heavy (non-hydrogen) atoms. The van der Waals surface area contributed by atoms with E-state index in [1.807, 2.05) is 18.2 Å². The quantitative estimate of drug-likeness (QED) is 0.883. The second kappa shape index (κ2) is 4.87. The number of carboxylic acid groups (broad SMARTS) is 1. The lowest BCUT2D eigenvalue weighted by atomic mass is 9.90. The average molecular weight is 298 g/mol. The van der Waals surface area contributed by atoms with Crippen molar-refractivity contribution in [2.24, 2.45) is 5.92 Å². The summed E-state index contributed by atoms with van der Waals surface area (Å²) < 4.78 is 2.14. The van der Waals surface area contributed by atoms with Gasteiger partial charge in [-0.1, -0.05) is 18.2 Å². The van der Waals surface area contributed by atoms with Crippen molar-refractivity contribution in [3.05, 3.63) is 35.5 Å². The largest absolute Gasteiger partial charge is 0.465 e. The number of amides is 1. The predicted molar refractivity (Wildman–Crippen MR) is 82.4 cm³/mol. The van der Waals surface area contributed by atoms with Crippen molar-refractivity contribution in [2.75, 3.05) is 13.1 Å². The Balaban J connectivity index is 1.76. The van der Waals surface area contributed by atoms with Gasteiger partial charge in [0.1, 0.15) is 0 Å². The molecule has 4 rings (SSSR count). The fourth-order valence-corrected chi connectivity index (χ4v) is 3.39. The minimum absolute atomic E-state index is 0.229. The molecule has 1 saturated carbocycles. The van der Waals surface area contributed by atoms with E-state index in [-0.39, 0.29) is 5.92 Å². The normalized spacial score (nSPS) is 18.5. The minimum Gasteiger partial charge on any atom is -0.465 e. The number of benzene rings is 1. The zero-order valence-electron chi connectivity index (χ0n) is 12.2. The van der Waals surface area contributed by atoms with Gasteiger partial charge in [-0.3, -0.25) is 4.79 Å². The summed E-state index contributed by atoms with van der Waals surface area (Å²) in [5, 5.41) is 10.1. The molecule has 0 radical (unpaired) electrons. The first-order chi connectivity index (χ1) is 10.7. The van der Waals surface area contributed by atoms with Crippen LogP contribution in [0.25, 0.3) is 10.9 Å². The first-order valence-corrected chi connectivity index (χ1v) is 7.72. The van der Waals surface area contributed by atoms with Crippen LogP contribution < -0.4 is 0 Å². The van der Waals surface area contributed by atoms with Gasteiger partial charge in [-0.25, -0.2) is 4.79 Å². The van der Waals surface area contributed by atoms with Gasteiger partial charge < -0.3 is 14.6 Å². The number of hydrogen-bond donors (Lipinski definition) is 1. The van der Waals surface area contributed by atoms with Gasteiger partial charge in [0.05, 0.1) is 11.2 Å².